The zero-order valence-corrected chi connectivity index (χ0v) is 37.2. The summed E-state index contributed by atoms with van der Waals surface area (Å²) >= 11 is 0. The first-order chi connectivity index (χ1) is 27.4. The first kappa shape index (κ1) is 39.9. The molecular formula is C57H65N. The zero-order chi connectivity index (χ0) is 41.2. The SMILES string of the molecule is CC(C)(C)c1cc(-c2ccc(-c3cc(C(C)(C)C)cc(C(C)(C)C)c3)cc2)cc(N(c2ccc3c(c2)C(C)(C)c2ccccc2-3)c2ccccc2C2CCCCC2)c1. The average molecular weight is 764 g/mol. The number of para-hydroxylation sites is 1. The number of benzene rings is 6. The molecule has 1 nitrogen and oxygen atoms in total. The molecule has 0 bridgehead atoms. The molecule has 6 aromatic rings. The van der Waals surface area contributed by atoms with Gasteiger partial charge in [-0.2, -0.15) is 0 Å². The van der Waals surface area contributed by atoms with Gasteiger partial charge in [0.25, 0.3) is 0 Å². The predicted octanol–water partition coefficient (Wildman–Crippen LogP) is 16.7. The van der Waals surface area contributed by atoms with Gasteiger partial charge in [0.1, 0.15) is 0 Å². The van der Waals surface area contributed by atoms with E-state index in [1.165, 1.54) is 116 Å². The molecule has 0 saturated heterocycles. The van der Waals surface area contributed by atoms with Crippen molar-refractivity contribution in [2.45, 2.75) is 136 Å². The first-order valence-corrected chi connectivity index (χ1v) is 22.0. The van der Waals surface area contributed by atoms with Crippen LogP contribution in [-0.2, 0) is 21.7 Å². The minimum atomic E-state index is -0.0866. The highest BCUT2D eigenvalue weighted by atomic mass is 15.1. The molecule has 0 spiro atoms. The Balaban J connectivity index is 1.29. The van der Waals surface area contributed by atoms with E-state index in [2.05, 4.69) is 208 Å². The van der Waals surface area contributed by atoms with Gasteiger partial charge in [0.05, 0.1) is 0 Å². The Bertz CT molecular complexity index is 2420. The maximum absolute atomic E-state index is 2.60. The van der Waals surface area contributed by atoms with E-state index >= 15 is 0 Å². The van der Waals surface area contributed by atoms with E-state index in [4.69, 9.17) is 0 Å². The third kappa shape index (κ3) is 7.58. The second-order valence-corrected chi connectivity index (χ2v) is 21.0. The molecule has 0 unspecified atom stereocenters. The van der Waals surface area contributed by atoms with Crippen LogP contribution in [0.5, 0.6) is 0 Å². The van der Waals surface area contributed by atoms with Gasteiger partial charge in [-0.25, -0.2) is 0 Å². The first-order valence-electron chi connectivity index (χ1n) is 22.0. The maximum atomic E-state index is 2.60. The molecule has 0 amide bonds. The lowest BCUT2D eigenvalue weighted by Crippen LogP contribution is -2.19. The molecule has 298 valence electrons. The third-order valence-corrected chi connectivity index (χ3v) is 13.3. The zero-order valence-electron chi connectivity index (χ0n) is 37.2. The number of nitrogens with zero attached hydrogens (tertiary/aromatic N) is 1. The fourth-order valence-corrected chi connectivity index (χ4v) is 9.56. The summed E-state index contributed by atoms with van der Waals surface area (Å²) in [6.07, 6.45) is 6.47. The number of rotatable bonds is 6. The number of anilines is 3. The molecule has 6 aromatic carbocycles. The molecule has 0 N–H and O–H groups in total. The Morgan fingerprint density at radius 3 is 1.57 bits per heavy atom. The predicted molar refractivity (Wildman–Crippen MR) is 251 cm³/mol. The molecule has 0 aromatic heterocycles. The number of hydrogen-bond donors (Lipinski definition) is 0. The molecule has 1 fully saturated rings. The Labute approximate surface area is 350 Å². The van der Waals surface area contributed by atoms with Gasteiger partial charge in [0, 0.05) is 22.5 Å². The highest BCUT2D eigenvalue weighted by Gasteiger charge is 2.36. The van der Waals surface area contributed by atoms with Crippen molar-refractivity contribution in [1.82, 2.24) is 0 Å². The maximum Gasteiger partial charge on any atom is 0.0496 e. The largest absolute Gasteiger partial charge is 0.310 e. The lowest BCUT2D eigenvalue weighted by molar-refractivity contribution is 0.444. The molecule has 0 heterocycles. The van der Waals surface area contributed by atoms with Crippen molar-refractivity contribution in [1.29, 1.82) is 0 Å². The van der Waals surface area contributed by atoms with Crippen LogP contribution in [0.1, 0.15) is 148 Å². The summed E-state index contributed by atoms with van der Waals surface area (Å²) in [6, 6.07) is 49.5. The van der Waals surface area contributed by atoms with E-state index in [9.17, 15) is 0 Å². The monoisotopic (exact) mass is 764 g/mol. The van der Waals surface area contributed by atoms with Crippen molar-refractivity contribution in [2.24, 2.45) is 0 Å². The van der Waals surface area contributed by atoms with Crippen LogP contribution in [0.2, 0.25) is 0 Å². The van der Waals surface area contributed by atoms with Crippen molar-refractivity contribution in [2.75, 3.05) is 4.90 Å². The molecule has 2 aliphatic rings. The van der Waals surface area contributed by atoms with Crippen molar-refractivity contribution in [3.63, 3.8) is 0 Å². The van der Waals surface area contributed by atoms with Gasteiger partial charge in [0.15, 0.2) is 0 Å². The lowest BCUT2D eigenvalue weighted by Gasteiger charge is -2.34. The van der Waals surface area contributed by atoms with Crippen LogP contribution in [-0.4, -0.2) is 0 Å². The van der Waals surface area contributed by atoms with Crippen molar-refractivity contribution < 1.29 is 0 Å². The summed E-state index contributed by atoms with van der Waals surface area (Å²) in [5.74, 6) is 0.566. The molecular weight excluding hydrogens is 699 g/mol. The minimum Gasteiger partial charge on any atom is -0.310 e. The lowest BCUT2D eigenvalue weighted by atomic mass is 9.79. The van der Waals surface area contributed by atoms with Crippen LogP contribution in [0.3, 0.4) is 0 Å². The molecule has 58 heavy (non-hydrogen) atoms. The van der Waals surface area contributed by atoms with Crippen LogP contribution < -0.4 is 4.90 Å². The van der Waals surface area contributed by atoms with Crippen LogP contribution in [0, 0.1) is 0 Å². The van der Waals surface area contributed by atoms with Crippen molar-refractivity contribution in [3.8, 4) is 33.4 Å². The Morgan fingerprint density at radius 1 is 0.448 bits per heavy atom. The smallest absolute Gasteiger partial charge is 0.0496 e. The molecule has 0 radical (unpaired) electrons. The quantitative estimate of drug-likeness (QED) is 0.163. The fraction of sp³-hybridized carbons (Fsp3) is 0.368. The van der Waals surface area contributed by atoms with Gasteiger partial charge in [-0.05, 0) is 132 Å². The average Bonchev–Trinajstić information content (AvgIpc) is 3.43. The van der Waals surface area contributed by atoms with Gasteiger partial charge in [-0.1, -0.05) is 192 Å². The topological polar surface area (TPSA) is 3.24 Å². The second kappa shape index (κ2) is 14.7. The summed E-state index contributed by atoms with van der Waals surface area (Å²) in [4.78, 5) is 2.60. The van der Waals surface area contributed by atoms with Crippen LogP contribution in [0.15, 0.2) is 127 Å². The normalized spacial score (nSPS) is 15.6. The molecule has 1 heteroatoms. The van der Waals surface area contributed by atoms with Crippen LogP contribution in [0.4, 0.5) is 17.1 Å². The van der Waals surface area contributed by atoms with Crippen molar-refractivity contribution >= 4 is 17.1 Å². The van der Waals surface area contributed by atoms with Gasteiger partial charge in [-0.3, -0.25) is 0 Å². The Morgan fingerprint density at radius 2 is 0.966 bits per heavy atom. The van der Waals surface area contributed by atoms with E-state index in [0.717, 1.165) is 0 Å². The van der Waals surface area contributed by atoms with Crippen LogP contribution in [0.25, 0.3) is 33.4 Å². The van der Waals surface area contributed by atoms with E-state index in [-0.39, 0.29) is 21.7 Å². The van der Waals surface area contributed by atoms with E-state index in [1.54, 1.807) is 0 Å². The highest BCUT2D eigenvalue weighted by Crippen LogP contribution is 2.52. The Kier molecular flexibility index (Phi) is 10.1. The molecule has 1 saturated carbocycles. The van der Waals surface area contributed by atoms with Crippen molar-refractivity contribution in [3.05, 3.63) is 161 Å². The van der Waals surface area contributed by atoms with Crippen LogP contribution >= 0.6 is 0 Å². The second-order valence-electron chi connectivity index (χ2n) is 21.0. The molecule has 0 aliphatic heterocycles. The van der Waals surface area contributed by atoms with Gasteiger partial charge in [0.2, 0.25) is 0 Å². The molecule has 8 rings (SSSR count). The summed E-state index contributed by atoms with van der Waals surface area (Å²) in [5, 5.41) is 0. The van der Waals surface area contributed by atoms with Gasteiger partial charge in [-0.15, -0.1) is 0 Å². The summed E-state index contributed by atoms with van der Waals surface area (Å²) in [7, 11) is 0. The molecule has 2 aliphatic carbocycles. The fourth-order valence-electron chi connectivity index (χ4n) is 9.56. The summed E-state index contributed by atoms with van der Waals surface area (Å²) < 4.78 is 0. The van der Waals surface area contributed by atoms with Gasteiger partial charge >= 0.3 is 0 Å². The number of hydrogen-bond acceptors (Lipinski definition) is 1. The van der Waals surface area contributed by atoms with E-state index < -0.39 is 0 Å². The van der Waals surface area contributed by atoms with E-state index in [0.29, 0.717) is 5.92 Å². The third-order valence-electron chi connectivity index (χ3n) is 13.3. The number of fused-ring (bicyclic) bond motifs is 3. The standard InChI is InChI=1S/C57H65N/c1-54(2,3)43-31-41(32-44(35-43)55(4,5)6)38-25-27-39(28-26-38)42-33-45(56(7,8)9)36-47(34-42)58(53-24-18-16-21-48(53)40-19-13-12-14-20-40)46-29-30-50-49-22-15-17-23-51(49)57(10,11)52(50)37-46/h15-18,21-37,40H,12-14,19-20H2,1-11H3. The minimum absolute atomic E-state index is 0.0441. The Hall–Kier alpha value is -4.88. The summed E-state index contributed by atoms with van der Waals surface area (Å²) in [5.41, 5.74) is 19.9. The summed E-state index contributed by atoms with van der Waals surface area (Å²) in [6.45, 7) is 25.8. The molecule has 0 atom stereocenters. The van der Waals surface area contributed by atoms with E-state index in [1.807, 2.05) is 0 Å². The van der Waals surface area contributed by atoms with Gasteiger partial charge < -0.3 is 4.90 Å². The highest BCUT2D eigenvalue weighted by molar-refractivity contribution is 5.87.